The predicted molar refractivity (Wildman–Crippen MR) is 118 cm³/mol. The maximum atomic E-state index is 14.0. The summed E-state index contributed by atoms with van der Waals surface area (Å²) >= 11 is 0. The lowest BCUT2D eigenvalue weighted by Crippen LogP contribution is -2.37. The molecule has 6 nitrogen and oxygen atoms in total. The standard InChI is InChI=1S/C24H23F3N4O2/c1-33-17-9-4-7-16(12-17)18-13-21(24(25,26)27)31-22(28-18)14-19(29-31)23(32)30-11-5-8-15-6-2-3-10-20(15)30/h2-4,6-7,9-10,12,14,18,21,28H,5,8,11,13H2,1H3. The van der Waals surface area contributed by atoms with Crippen molar-refractivity contribution in [2.45, 2.75) is 37.5 Å². The zero-order chi connectivity index (χ0) is 23.2. The van der Waals surface area contributed by atoms with Gasteiger partial charge in [-0.3, -0.25) is 4.79 Å². The Balaban J connectivity index is 1.50. The summed E-state index contributed by atoms with van der Waals surface area (Å²) in [7, 11) is 1.51. The molecule has 0 aliphatic carbocycles. The summed E-state index contributed by atoms with van der Waals surface area (Å²) in [6.45, 7) is 0.501. The Labute approximate surface area is 189 Å². The van der Waals surface area contributed by atoms with E-state index in [0.717, 1.165) is 28.8 Å². The van der Waals surface area contributed by atoms with Crippen molar-refractivity contribution in [3.8, 4) is 5.75 Å². The topological polar surface area (TPSA) is 59.4 Å². The van der Waals surface area contributed by atoms with Gasteiger partial charge in [0.05, 0.1) is 13.2 Å². The highest BCUT2D eigenvalue weighted by Crippen LogP contribution is 2.44. The molecule has 2 aliphatic rings. The molecule has 1 aromatic heterocycles. The third kappa shape index (κ3) is 3.92. The average molecular weight is 456 g/mol. The molecule has 0 radical (unpaired) electrons. The molecule has 0 fully saturated rings. The Morgan fingerprint density at radius 2 is 1.97 bits per heavy atom. The van der Waals surface area contributed by atoms with Gasteiger partial charge >= 0.3 is 6.18 Å². The number of carbonyl (C=O) groups excluding carboxylic acids is 1. The highest BCUT2D eigenvalue weighted by molar-refractivity contribution is 6.06. The summed E-state index contributed by atoms with van der Waals surface area (Å²) in [5.74, 6) is 0.339. The van der Waals surface area contributed by atoms with Gasteiger partial charge in [0.15, 0.2) is 11.7 Å². The number of hydrogen-bond acceptors (Lipinski definition) is 4. The molecule has 1 amide bonds. The molecule has 2 atom stereocenters. The number of para-hydroxylation sites is 1. The molecular formula is C24H23F3N4O2. The van der Waals surface area contributed by atoms with Gasteiger partial charge in [-0.25, -0.2) is 4.68 Å². The lowest BCUT2D eigenvalue weighted by atomic mass is 9.97. The maximum Gasteiger partial charge on any atom is 0.410 e. The average Bonchev–Trinajstić information content (AvgIpc) is 3.26. The van der Waals surface area contributed by atoms with Gasteiger partial charge in [-0.05, 0) is 42.2 Å². The number of anilines is 2. The second-order valence-electron chi connectivity index (χ2n) is 8.32. The van der Waals surface area contributed by atoms with E-state index in [1.807, 2.05) is 24.3 Å². The van der Waals surface area contributed by atoms with E-state index in [9.17, 15) is 18.0 Å². The van der Waals surface area contributed by atoms with Crippen LogP contribution >= 0.6 is 0 Å². The molecule has 9 heteroatoms. The number of rotatable bonds is 3. The number of ether oxygens (including phenoxy) is 1. The van der Waals surface area contributed by atoms with Crippen LogP contribution in [0.2, 0.25) is 0 Å². The Hall–Kier alpha value is -3.49. The van der Waals surface area contributed by atoms with E-state index in [2.05, 4.69) is 10.4 Å². The second-order valence-corrected chi connectivity index (χ2v) is 8.32. The quantitative estimate of drug-likeness (QED) is 0.593. The van der Waals surface area contributed by atoms with Crippen molar-refractivity contribution in [3.05, 3.63) is 71.4 Å². The van der Waals surface area contributed by atoms with E-state index < -0.39 is 24.2 Å². The number of nitrogens with one attached hydrogen (secondary N) is 1. The van der Waals surface area contributed by atoms with Crippen LogP contribution in [0.3, 0.4) is 0 Å². The number of amides is 1. The van der Waals surface area contributed by atoms with Crippen LogP contribution in [-0.2, 0) is 6.42 Å². The third-order valence-corrected chi connectivity index (χ3v) is 6.26. The van der Waals surface area contributed by atoms with Gasteiger partial charge in [0.2, 0.25) is 0 Å². The first kappa shape index (κ1) is 21.4. The van der Waals surface area contributed by atoms with E-state index in [4.69, 9.17) is 4.74 Å². The number of fused-ring (bicyclic) bond motifs is 2. The smallest absolute Gasteiger partial charge is 0.410 e. The monoisotopic (exact) mass is 456 g/mol. The second kappa shape index (κ2) is 8.13. The van der Waals surface area contributed by atoms with E-state index in [-0.39, 0.29) is 17.9 Å². The van der Waals surface area contributed by atoms with Crippen LogP contribution in [0, 0.1) is 0 Å². The Kier molecular flexibility index (Phi) is 5.26. The van der Waals surface area contributed by atoms with Crippen LogP contribution in [0.4, 0.5) is 24.7 Å². The highest BCUT2D eigenvalue weighted by Gasteiger charge is 2.47. The van der Waals surface area contributed by atoms with E-state index in [0.29, 0.717) is 17.9 Å². The molecule has 0 saturated heterocycles. The van der Waals surface area contributed by atoms with E-state index in [1.54, 1.807) is 29.2 Å². The van der Waals surface area contributed by atoms with Crippen LogP contribution in [0.5, 0.6) is 5.75 Å². The summed E-state index contributed by atoms with van der Waals surface area (Å²) in [5.41, 5.74) is 2.50. The van der Waals surface area contributed by atoms with Crippen LogP contribution in [0.15, 0.2) is 54.6 Å². The fourth-order valence-electron chi connectivity index (χ4n) is 4.64. The fraction of sp³-hybridized carbons (Fsp3) is 0.333. The van der Waals surface area contributed by atoms with Crippen LogP contribution < -0.4 is 15.0 Å². The molecule has 2 unspecified atom stereocenters. The summed E-state index contributed by atoms with van der Waals surface area (Å²) in [6, 6.07) is 13.5. The zero-order valence-corrected chi connectivity index (χ0v) is 18.0. The van der Waals surface area contributed by atoms with Gasteiger partial charge in [0, 0.05) is 24.7 Å². The molecule has 2 aliphatic heterocycles. The number of methoxy groups -OCH3 is 1. The largest absolute Gasteiger partial charge is 0.497 e. The van der Waals surface area contributed by atoms with Crippen LogP contribution in [-0.4, -0.2) is 35.5 Å². The molecule has 0 bridgehead atoms. The molecule has 3 heterocycles. The minimum Gasteiger partial charge on any atom is -0.497 e. The number of hydrogen-bond donors (Lipinski definition) is 1. The number of aromatic nitrogens is 2. The van der Waals surface area contributed by atoms with Crippen LogP contribution in [0.25, 0.3) is 0 Å². The molecule has 5 rings (SSSR count). The minimum absolute atomic E-state index is 0.00487. The molecule has 0 spiro atoms. The van der Waals surface area contributed by atoms with Gasteiger partial charge in [-0.15, -0.1) is 0 Å². The summed E-state index contributed by atoms with van der Waals surface area (Å²) in [4.78, 5) is 14.9. The summed E-state index contributed by atoms with van der Waals surface area (Å²) in [6.07, 6.45) is -3.11. The Bertz CT molecular complexity index is 1190. The summed E-state index contributed by atoms with van der Waals surface area (Å²) < 4.78 is 48.1. The molecule has 3 aromatic rings. The lowest BCUT2D eigenvalue weighted by Gasteiger charge is -2.33. The number of aryl methyl sites for hydroxylation is 1. The number of nitrogens with zero attached hydrogens (tertiary/aromatic N) is 3. The van der Waals surface area contributed by atoms with Crippen molar-refractivity contribution in [3.63, 3.8) is 0 Å². The summed E-state index contributed by atoms with van der Waals surface area (Å²) in [5, 5.41) is 7.26. The Morgan fingerprint density at radius 1 is 1.15 bits per heavy atom. The highest BCUT2D eigenvalue weighted by atomic mass is 19.4. The van der Waals surface area contributed by atoms with Crippen molar-refractivity contribution in [2.24, 2.45) is 0 Å². The molecule has 33 heavy (non-hydrogen) atoms. The third-order valence-electron chi connectivity index (χ3n) is 6.26. The first-order valence-corrected chi connectivity index (χ1v) is 10.8. The number of alkyl halides is 3. The van der Waals surface area contributed by atoms with Gasteiger partial charge in [0.25, 0.3) is 5.91 Å². The van der Waals surface area contributed by atoms with Gasteiger partial charge in [0.1, 0.15) is 11.6 Å². The van der Waals surface area contributed by atoms with Crippen molar-refractivity contribution in [1.82, 2.24) is 9.78 Å². The fourth-order valence-corrected chi connectivity index (χ4v) is 4.64. The van der Waals surface area contributed by atoms with E-state index in [1.165, 1.54) is 13.2 Å². The van der Waals surface area contributed by atoms with Crippen molar-refractivity contribution < 1.29 is 22.7 Å². The first-order chi connectivity index (χ1) is 15.8. The number of benzene rings is 2. The maximum absolute atomic E-state index is 14.0. The molecule has 0 saturated carbocycles. The first-order valence-electron chi connectivity index (χ1n) is 10.8. The lowest BCUT2D eigenvalue weighted by molar-refractivity contribution is -0.173. The SMILES string of the molecule is COc1cccc(C2CC(C(F)(F)F)n3nc(C(=O)N4CCCc5ccccc54)cc3N2)c1. The number of carbonyl (C=O) groups is 1. The van der Waals surface area contributed by atoms with Crippen molar-refractivity contribution in [2.75, 3.05) is 23.9 Å². The molecular weight excluding hydrogens is 433 g/mol. The predicted octanol–water partition coefficient (Wildman–Crippen LogP) is 5.15. The molecule has 1 N–H and O–H groups in total. The number of halogens is 3. The normalized spacial score (nSPS) is 19.9. The zero-order valence-electron chi connectivity index (χ0n) is 18.0. The molecule has 2 aromatic carbocycles. The van der Waals surface area contributed by atoms with Crippen molar-refractivity contribution >= 4 is 17.4 Å². The van der Waals surface area contributed by atoms with Crippen LogP contribution in [0.1, 0.15) is 46.5 Å². The molecule has 172 valence electrons. The van der Waals surface area contributed by atoms with E-state index >= 15 is 0 Å². The van der Waals surface area contributed by atoms with Gasteiger partial charge < -0.3 is 15.0 Å². The van der Waals surface area contributed by atoms with Gasteiger partial charge in [-0.1, -0.05) is 30.3 Å². The Morgan fingerprint density at radius 3 is 2.76 bits per heavy atom. The van der Waals surface area contributed by atoms with Gasteiger partial charge in [-0.2, -0.15) is 18.3 Å². The van der Waals surface area contributed by atoms with Crippen molar-refractivity contribution in [1.29, 1.82) is 0 Å². The minimum atomic E-state index is -4.52.